The number of aliphatic hydroxyl groups is 1. The molecule has 0 aliphatic carbocycles. The molecule has 3 nitrogen and oxygen atoms in total. The van der Waals surface area contributed by atoms with Crippen LogP contribution >= 0.6 is 0 Å². The summed E-state index contributed by atoms with van der Waals surface area (Å²) in [7, 11) is 0. The minimum atomic E-state index is -0.691. The molecule has 1 fully saturated rings. The molecule has 1 aromatic rings. The van der Waals surface area contributed by atoms with E-state index in [1.54, 1.807) is 24.1 Å². The van der Waals surface area contributed by atoms with Gasteiger partial charge in [-0.15, -0.1) is 0 Å². The third kappa shape index (κ3) is 1.49. The fourth-order valence-electron chi connectivity index (χ4n) is 1.54. The third-order valence-electron chi connectivity index (χ3n) is 2.10. The summed E-state index contributed by atoms with van der Waals surface area (Å²) in [4.78, 5) is 5.62. The zero-order chi connectivity index (χ0) is 9.47. The van der Waals surface area contributed by atoms with Crippen molar-refractivity contribution in [2.75, 3.05) is 18.0 Å². The molecule has 0 atom stereocenters. The molecule has 0 amide bonds. The van der Waals surface area contributed by atoms with Crippen LogP contribution in [0.4, 0.5) is 10.2 Å². The van der Waals surface area contributed by atoms with E-state index in [1.807, 2.05) is 0 Å². The van der Waals surface area contributed by atoms with Crippen molar-refractivity contribution in [1.82, 2.24) is 4.98 Å². The van der Waals surface area contributed by atoms with Crippen molar-refractivity contribution < 1.29 is 9.50 Å². The van der Waals surface area contributed by atoms with Gasteiger partial charge < -0.3 is 10.0 Å². The highest BCUT2D eigenvalue weighted by molar-refractivity contribution is 5.44. The van der Waals surface area contributed by atoms with Gasteiger partial charge in [0, 0.05) is 19.3 Å². The number of aromatic nitrogens is 1. The lowest BCUT2D eigenvalue weighted by Gasteiger charge is -2.44. The highest BCUT2D eigenvalue weighted by Crippen LogP contribution is 2.26. The molecule has 1 saturated heterocycles. The largest absolute Gasteiger partial charge is 0.386 e. The van der Waals surface area contributed by atoms with Gasteiger partial charge in [0.2, 0.25) is 0 Å². The number of rotatable bonds is 1. The molecule has 1 N–H and O–H groups in total. The Morgan fingerprint density at radius 3 is 2.85 bits per heavy atom. The standard InChI is InChI=1S/C9H11FN2O/c1-9(13)5-12(6-9)8-7(10)3-2-4-11-8/h2-4,13H,5-6H2,1H3. The molecule has 0 radical (unpaired) electrons. The summed E-state index contributed by atoms with van der Waals surface area (Å²) in [6.07, 6.45) is 1.55. The number of nitrogens with zero attached hydrogens (tertiary/aromatic N) is 2. The van der Waals surface area contributed by atoms with Crippen LogP contribution in [0.25, 0.3) is 0 Å². The molecular weight excluding hydrogens is 171 g/mol. The maximum absolute atomic E-state index is 13.1. The lowest BCUT2D eigenvalue weighted by atomic mass is 9.97. The number of hydrogen-bond donors (Lipinski definition) is 1. The molecule has 1 aromatic heterocycles. The zero-order valence-electron chi connectivity index (χ0n) is 7.37. The summed E-state index contributed by atoms with van der Waals surface area (Å²) >= 11 is 0. The fraction of sp³-hybridized carbons (Fsp3) is 0.444. The molecular formula is C9H11FN2O. The first-order valence-corrected chi connectivity index (χ1v) is 4.16. The van der Waals surface area contributed by atoms with Crippen molar-refractivity contribution in [1.29, 1.82) is 0 Å². The predicted octanol–water partition coefficient (Wildman–Crippen LogP) is 0.792. The van der Waals surface area contributed by atoms with E-state index in [-0.39, 0.29) is 5.82 Å². The Labute approximate surface area is 75.8 Å². The maximum atomic E-state index is 13.1. The highest BCUT2D eigenvalue weighted by Gasteiger charge is 2.38. The number of anilines is 1. The topological polar surface area (TPSA) is 36.4 Å². The van der Waals surface area contributed by atoms with Crippen molar-refractivity contribution in [3.05, 3.63) is 24.1 Å². The molecule has 13 heavy (non-hydrogen) atoms. The minimum Gasteiger partial charge on any atom is -0.386 e. The summed E-state index contributed by atoms with van der Waals surface area (Å²) in [5.41, 5.74) is -0.691. The van der Waals surface area contributed by atoms with Gasteiger partial charge in [0.05, 0.1) is 5.60 Å². The van der Waals surface area contributed by atoms with Gasteiger partial charge in [-0.25, -0.2) is 9.37 Å². The third-order valence-corrected chi connectivity index (χ3v) is 2.10. The Balaban J connectivity index is 2.16. The smallest absolute Gasteiger partial charge is 0.165 e. The van der Waals surface area contributed by atoms with Gasteiger partial charge in [-0.2, -0.15) is 0 Å². The van der Waals surface area contributed by atoms with Crippen LogP contribution in [0.5, 0.6) is 0 Å². The monoisotopic (exact) mass is 182 g/mol. The van der Waals surface area contributed by atoms with Crippen LogP contribution in [-0.2, 0) is 0 Å². The van der Waals surface area contributed by atoms with Crippen LogP contribution in [0.15, 0.2) is 18.3 Å². The number of β-amino-alcohol motifs (C(OH)–C–C–N with tert-alkyl or cyclic N) is 1. The van der Waals surface area contributed by atoms with Gasteiger partial charge in [-0.3, -0.25) is 0 Å². The summed E-state index contributed by atoms with van der Waals surface area (Å²) in [6, 6.07) is 2.92. The van der Waals surface area contributed by atoms with Crippen LogP contribution in [0.2, 0.25) is 0 Å². The van der Waals surface area contributed by atoms with Gasteiger partial charge in [-0.1, -0.05) is 0 Å². The second-order valence-corrected chi connectivity index (χ2v) is 3.66. The second-order valence-electron chi connectivity index (χ2n) is 3.66. The van der Waals surface area contributed by atoms with Crippen LogP contribution in [-0.4, -0.2) is 28.8 Å². The molecule has 0 unspecified atom stereocenters. The lowest BCUT2D eigenvalue weighted by molar-refractivity contribution is 0.0301. The van der Waals surface area contributed by atoms with Crippen molar-refractivity contribution in [3.8, 4) is 0 Å². The van der Waals surface area contributed by atoms with Crippen molar-refractivity contribution in [3.63, 3.8) is 0 Å². The molecule has 0 saturated carbocycles. The average Bonchev–Trinajstić information content (AvgIpc) is 2.01. The second kappa shape index (κ2) is 2.67. The summed E-state index contributed by atoms with van der Waals surface area (Å²) in [5.74, 6) is -0.00738. The van der Waals surface area contributed by atoms with Gasteiger partial charge in [-0.05, 0) is 19.1 Å². The van der Waals surface area contributed by atoms with Crippen molar-refractivity contribution in [2.24, 2.45) is 0 Å². The van der Waals surface area contributed by atoms with Crippen LogP contribution in [0.1, 0.15) is 6.92 Å². The van der Waals surface area contributed by atoms with Crippen molar-refractivity contribution in [2.45, 2.75) is 12.5 Å². The van der Waals surface area contributed by atoms with E-state index in [0.717, 1.165) is 0 Å². The molecule has 0 bridgehead atoms. The highest BCUT2D eigenvalue weighted by atomic mass is 19.1. The van der Waals surface area contributed by atoms with Crippen LogP contribution in [0.3, 0.4) is 0 Å². The Morgan fingerprint density at radius 2 is 2.31 bits per heavy atom. The molecule has 2 heterocycles. The first kappa shape index (κ1) is 8.44. The minimum absolute atomic E-state index is 0.328. The molecule has 4 heteroatoms. The molecule has 1 aliphatic heterocycles. The molecule has 2 rings (SSSR count). The van der Waals surface area contributed by atoms with Gasteiger partial charge >= 0.3 is 0 Å². The van der Waals surface area contributed by atoms with Crippen LogP contribution in [0, 0.1) is 5.82 Å². The van der Waals surface area contributed by atoms with Gasteiger partial charge in [0.15, 0.2) is 11.6 Å². The zero-order valence-corrected chi connectivity index (χ0v) is 7.37. The summed E-state index contributed by atoms with van der Waals surface area (Å²) < 4.78 is 13.1. The maximum Gasteiger partial charge on any atom is 0.165 e. The summed E-state index contributed by atoms with van der Waals surface area (Å²) in [6.45, 7) is 2.62. The Kier molecular flexibility index (Phi) is 1.73. The molecule has 70 valence electrons. The normalized spacial score (nSPS) is 19.8. The van der Waals surface area contributed by atoms with E-state index in [0.29, 0.717) is 18.9 Å². The Bertz CT molecular complexity index is 319. The quantitative estimate of drug-likeness (QED) is 0.697. The van der Waals surface area contributed by atoms with E-state index in [2.05, 4.69) is 4.98 Å². The Morgan fingerprint density at radius 1 is 1.62 bits per heavy atom. The Hall–Kier alpha value is -1.16. The van der Waals surface area contributed by atoms with E-state index in [1.165, 1.54) is 6.07 Å². The SMILES string of the molecule is CC1(O)CN(c2ncccc2F)C1. The van der Waals surface area contributed by atoms with Gasteiger partial charge in [0.25, 0.3) is 0 Å². The van der Waals surface area contributed by atoms with E-state index >= 15 is 0 Å². The fourth-order valence-corrected chi connectivity index (χ4v) is 1.54. The molecule has 1 aliphatic rings. The van der Waals surface area contributed by atoms with Crippen molar-refractivity contribution >= 4 is 5.82 Å². The first-order valence-electron chi connectivity index (χ1n) is 4.16. The first-order chi connectivity index (χ1) is 6.08. The lowest BCUT2D eigenvalue weighted by Crippen LogP contribution is -2.60. The summed E-state index contributed by atoms with van der Waals surface area (Å²) in [5, 5.41) is 9.44. The van der Waals surface area contributed by atoms with E-state index in [4.69, 9.17) is 0 Å². The van der Waals surface area contributed by atoms with E-state index in [9.17, 15) is 9.50 Å². The number of pyridine rings is 1. The number of hydrogen-bond acceptors (Lipinski definition) is 3. The number of halogens is 1. The predicted molar refractivity (Wildman–Crippen MR) is 47.0 cm³/mol. The van der Waals surface area contributed by atoms with E-state index < -0.39 is 5.60 Å². The van der Waals surface area contributed by atoms with Gasteiger partial charge in [0.1, 0.15) is 0 Å². The molecule has 0 aromatic carbocycles. The average molecular weight is 182 g/mol. The molecule has 0 spiro atoms. The van der Waals surface area contributed by atoms with Crippen LogP contribution < -0.4 is 4.90 Å².